The van der Waals surface area contributed by atoms with E-state index in [2.05, 4.69) is 0 Å². The predicted molar refractivity (Wildman–Crippen MR) is 57.9 cm³/mol. The number of carboxylic acid groups (broad SMARTS) is 1. The van der Waals surface area contributed by atoms with Gasteiger partial charge in [-0.2, -0.15) is 0 Å². The van der Waals surface area contributed by atoms with Crippen LogP contribution in [0.4, 0.5) is 0 Å². The molecule has 0 saturated carbocycles. The van der Waals surface area contributed by atoms with Crippen LogP contribution in [0.3, 0.4) is 0 Å². The van der Waals surface area contributed by atoms with Crippen LogP contribution in [-0.2, 0) is 16.6 Å². The van der Waals surface area contributed by atoms with E-state index in [0.717, 1.165) is 11.1 Å². The van der Waals surface area contributed by atoms with Crippen LogP contribution < -0.4 is 0 Å². The van der Waals surface area contributed by atoms with E-state index in [1.807, 2.05) is 12.1 Å². The first-order valence-electron chi connectivity index (χ1n) is 4.92. The summed E-state index contributed by atoms with van der Waals surface area (Å²) in [5, 5.41) is 17.8. The number of aliphatic hydroxyl groups excluding tert-OH is 1. The van der Waals surface area contributed by atoms with Gasteiger partial charge in [0.1, 0.15) is 0 Å². The number of aliphatic hydroxyl groups is 1. The first-order chi connectivity index (χ1) is 6.98. The Morgan fingerprint density at radius 2 is 1.80 bits per heavy atom. The summed E-state index contributed by atoms with van der Waals surface area (Å²) in [6, 6.07) is 7.32. The summed E-state index contributed by atoms with van der Waals surface area (Å²) in [6.07, 6.45) is 0.605. The van der Waals surface area contributed by atoms with Gasteiger partial charge in [-0.1, -0.05) is 24.3 Å². The summed E-state index contributed by atoms with van der Waals surface area (Å²) < 4.78 is 0. The van der Waals surface area contributed by atoms with E-state index in [9.17, 15) is 4.79 Å². The molecule has 1 rings (SSSR count). The third-order valence-corrected chi connectivity index (χ3v) is 2.61. The topological polar surface area (TPSA) is 57.5 Å². The average Bonchev–Trinajstić information content (AvgIpc) is 2.19. The molecule has 0 amide bonds. The zero-order valence-electron chi connectivity index (χ0n) is 9.03. The Bertz CT molecular complexity index is 338. The van der Waals surface area contributed by atoms with Crippen molar-refractivity contribution in [3.05, 3.63) is 35.4 Å². The molecule has 0 radical (unpaired) electrons. The lowest BCUT2D eigenvalue weighted by Crippen LogP contribution is -2.28. The molecule has 0 aliphatic heterocycles. The zero-order chi connectivity index (χ0) is 11.5. The highest BCUT2D eigenvalue weighted by Crippen LogP contribution is 2.23. The summed E-state index contributed by atoms with van der Waals surface area (Å²) in [6.45, 7) is 3.47. The molecule has 2 N–H and O–H groups in total. The molecule has 0 spiro atoms. The molecule has 0 aliphatic carbocycles. The van der Waals surface area contributed by atoms with Crippen molar-refractivity contribution in [2.24, 2.45) is 0 Å². The minimum Gasteiger partial charge on any atom is -0.481 e. The Kier molecular flexibility index (Phi) is 3.48. The summed E-state index contributed by atoms with van der Waals surface area (Å²) in [7, 11) is 0. The molecule has 3 nitrogen and oxygen atoms in total. The highest BCUT2D eigenvalue weighted by molar-refractivity contribution is 5.80. The van der Waals surface area contributed by atoms with Gasteiger partial charge < -0.3 is 10.2 Å². The zero-order valence-corrected chi connectivity index (χ0v) is 9.03. The number of benzene rings is 1. The van der Waals surface area contributed by atoms with E-state index in [1.165, 1.54) is 0 Å². The highest BCUT2D eigenvalue weighted by Gasteiger charge is 2.28. The average molecular weight is 208 g/mol. The number of carboxylic acids is 1. The van der Waals surface area contributed by atoms with Crippen LogP contribution in [0.25, 0.3) is 0 Å². The molecule has 15 heavy (non-hydrogen) atoms. The first kappa shape index (κ1) is 11.7. The van der Waals surface area contributed by atoms with Gasteiger partial charge in [-0.05, 0) is 31.4 Å². The first-order valence-corrected chi connectivity index (χ1v) is 4.92. The SMILES string of the molecule is CC(C)(C(=O)O)c1ccc(CCO)cc1. The number of rotatable bonds is 4. The van der Waals surface area contributed by atoms with E-state index >= 15 is 0 Å². The highest BCUT2D eigenvalue weighted by atomic mass is 16.4. The van der Waals surface area contributed by atoms with Gasteiger partial charge in [-0.15, -0.1) is 0 Å². The van der Waals surface area contributed by atoms with Gasteiger partial charge in [0.15, 0.2) is 0 Å². The van der Waals surface area contributed by atoms with Gasteiger partial charge in [0.25, 0.3) is 0 Å². The van der Waals surface area contributed by atoms with Gasteiger partial charge in [-0.3, -0.25) is 4.79 Å². The number of hydrogen-bond donors (Lipinski definition) is 2. The smallest absolute Gasteiger partial charge is 0.313 e. The van der Waals surface area contributed by atoms with Crippen LogP contribution in [-0.4, -0.2) is 22.8 Å². The van der Waals surface area contributed by atoms with Gasteiger partial charge in [-0.25, -0.2) is 0 Å². The Hall–Kier alpha value is -1.35. The molecular formula is C12H16O3. The molecule has 0 unspecified atom stereocenters. The van der Waals surface area contributed by atoms with Crippen molar-refractivity contribution in [2.75, 3.05) is 6.61 Å². The lowest BCUT2D eigenvalue weighted by Gasteiger charge is -2.19. The van der Waals surface area contributed by atoms with Crippen molar-refractivity contribution in [1.82, 2.24) is 0 Å². The second kappa shape index (κ2) is 4.45. The lowest BCUT2D eigenvalue weighted by atomic mass is 9.84. The maximum absolute atomic E-state index is 11.0. The molecular weight excluding hydrogens is 192 g/mol. The van der Waals surface area contributed by atoms with Crippen molar-refractivity contribution < 1.29 is 15.0 Å². The molecule has 1 aromatic carbocycles. The Labute approximate surface area is 89.4 Å². The van der Waals surface area contributed by atoms with E-state index < -0.39 is 11.4 Å². The molecule has 0 saturated heterocycles. The fourth-order valence-corrected chi connectivity index (χ4v) is 1.34. The Balaban J connectivity index is 2.93. The van der Waals surface area contributed by atoms with Crippen LogP contribution in [0.1, 0.15) is 25.0 Å². The third kappa shape index (κ3) is 2.57. The van der Waals surface area contributed by atoms with Crippen molar-refractivity contribution >= 4 is 5.97 Å². The molecule has 0 bridgehead atoms. The molecule has 3 heteroatoms. The van der Waals surface area contributed by atoms with Gasteiger partial charge in [0.2, 0.25) is 0 Å². The largest absolute Gasteiger partial charge is 0.481 e. The lowest BCUT2D eigenvalue weighted by molar-refractivity contribution is -0.142. The number of carbonyl (C=O) groups is 1. The van der Waals surface area contributed by atoms with E-state index in [-0.39, 0.29) is 6.61 Å². The predicted octanol–water partition coefficient (Wildman–Crippen LogP) is 1.58. The van der Waals surface area contributed by atoms with Crippen LogP contribution >= 0.6 is 0 Å². The van der Waals surface area contributed by atoms with Crippen LogP contribution in [0.15, 0.2) is 24.3 Å². The van der Waals surface area contributed by atoms with Crippen LogP contribution in [0, 0.1) is 0 Å². The minimum atomic E-state index is -0.863. The van der Waals surface area contributed by atoms with Crippen molar-refractivity contribution in [3.8, 4) is 0 Å². The fraction of sp³-hybridized carbons (Fsp3) is 0.417. The molecule has 0 fully saturated rings. The Morgan fingerprint density at radius 3 is 2.20 bits per heavy atom. The normalized spacial score (nSPS) is 11.4. The van der Waals surface area contributed by atoms with E-state index in [0.29, 0.717) is 6.42 Å². The molecule has 0 aromatic heterocycles. The maximum Gasteiger partial charge on any atom is 0.313 e. The molecule has 1 aromatic rings. The van der Waals surface area contributed by atoms with E-state index in [4.69, 9.17) is 10.2 Å². The second-order valence-electron chi connectivity index (χ2n) is 4.10. The molecule has 0 aliphatic rings. The quantitative estimate of drug-likeness (QED) is 0.789. The maximum atomic E-state index is 11.0. The molecule has 82 valence electrons. The monoisotopic (exact) mass is 208 g/mol. The Morgan fingerprint density at radius 1 is 1.27 bits per heavy atom. The van der Waals surface area contributed by atoms with Crippen molar-refractivity contribution in [1.29, 1.82) is 0 Å². The summed E-state index contributed by atoms with van der Waals surface area (Å²) >= 11 is 0. The summed E-state index contributed by atoms with van der Waals surface area (Å²) in [5.41, 5.74) is 0.928. The third-order valence-electron chi connectivity index (χ3n) is 2.61. The summed E-state index contributed by atoms with van der Waals surface area (Å²) in [4.78, 5) is 11.0. The van der Waals surface area contributed by atoms with Crippen molar-refractivity contribution in [2.45, 2.75) is 25.7 Å². The van der Waals surface area contributed by atoms with Gasteiger partial charge >= 0.3 is 5.97 Å². The van der Waals surface area contributed by atoms with E-state index in [1.54, 1.807) is 26.0 Å². The number of aliphatic carboxylic acids is 1. The number of hydrogen-bond acceptors (Lipinski definition) is 2. The summed E-state index contributed by atoms with van der Waals surface area (Å²) in [5.74, 6) is -0.836. The van der Waals surface area contributed by atoms with Crippen LogP contribution in [0.2, 0.25) is 0 Å². The minimum absolute atomic E-state index is 0.113. The molecule has 0 atom stereocenters. The fourth-order valence-electron chi connectivity index (χ4n) is 1.34. The molecule has 0 heterocycles. The second-order valence-corrected chi connectivity index (χ2v) is 4.10. The standard InChI is InChI=1S/C12H16O3/c1-12(2,11(14)15)10-5-3-9(4-6-10)7-8-13/h3-6,13H,7-8H2,1-2H3,(H,14,15). The van der Waals surface area contributed by atoms with Gasteiger partial charge in [0, 0.05) is 6.61 Å². The van der Waals surface area contributed by atoms with Gasteiger partial charge in [0.05, 0.1) is 5.41 Å². The van der Waals surface area contributed by atoms with Crippen LogP contribution in [0.5, 0.6) is 0 Å². The van der Waals surface area contributed by atoms with Crippen molar-refractivity contribution in [3.63, 3.8) is 0 Å².